The molecular formula is C23H30BN7O3. The molecule has 2 aliphatic rings. The molecule has 0 saturated carbocycles. The second-order valence-electron chi connectivity index (χ2n) is 8.71. The van der Waals surface area contributed by atoms with Crippen molar-refractivity contribution in [3.63, 3.8) is 0 Å². The number of nitrogens with zero attached hydrogens (tertiary/aromatic N) is 5. The number of benzene rings is 1. The van der Waals surface area contributed by atoms with Crippen molar-refractivity contribution in [2.45, 2.75) is 18.8 Å². The lowest BCUT2D eigenvalue weighted by Gasteiger charge is -2.30. The molecule has 2 aliphatic heterocycles. The molecule has 10 nitrogen and oxygen atoms in total. The number of rotatable bonds is 5. The van der Waals surface area contributed by atoms with Gasteiger partial charge in [0.15, 0.2) is 11.6 Å². The van der Waals surface area contributed by atoms with E-state index in [4.69, 9.17) is 19.2 Å². The Hall–Kier alpha value is -3.18. The Morgan fingerprint density at radius 2 is 1.85 bits per heavy atom. The van der Waals surface area contributed by atoms with Crippen molar-refractivity contribution < 1.29 is 14.1 Å². The molecule has 2 saturated heterocycles. The van der Waals surface area contributed by atoms with Crippen LogP contribution in [0.4, 0.5) is 16.3 Å². The van der Waals surface area contributed by atoms with Gasteiger partial charge in [-0.2, -0.15) is 0 Å². The van der Waals surface area contributed by atoms with Crippen molar-refractivity contribution in [2.24, 2.45) is 0 Å². The highest BCUT2D eigenvalue weighted by Crippen LogP contribution is 2.36. The van der Waals surface area contributed by atoms with Crippen molar-refractivity contribution in [3.05, 3.63) is 30.0 Å². The Balaban J connectivity index is 1.53. The minimum Gasteiger partial charge on any atom is -0.378 e. The lowest BCUT2D eigenvalue weighted by Crippen LogP contribution is -2.37. The maximum absolute atomic E-state index is 11.6. The number of morpholine rings is 1. The maximum Gasteiger partial charge on any atom is 0.318 e. The Bertz CT molecular complexity index is 1140. The van der Waals surface area contributed by atoms with E-state index in [2.05, 4.69) is 33.4 Å². The van der Waals surface area contributed by atoms with Gasteiger partial charge in [-0.05, 0) is 56.6 Å². The van der Waals surface area contributed by atoms with Gasteiger partial charge in [-0.1, -0.05) is 5.16 Å². The van der Waals surface area contributed by atoms with Crippen LogP contribution in [0, 0.1) is 0 Å². The highest BCUT2D eigenvalue weighted by Gasteiger charge is 2.29. The summed E-state index contributed by atoms with van der Waals surface area (Å²) in [5.41, 5.74) is 3.95. The summed E-state index contributed by atoms with van der Waals surface area (Å²) in [4.78, 5) is 26.1. The van der Waals surface area contributed by atoms with E-state index in [1.165, 1.54) is 0 Å². The second-order valence-corrected chi connectivity index (χ2v) is 8.71. The molecule has 2 amide bonds. The van der Waals surface area contributed by atoms with Crippen LogP contribution in [-0.2, 0) is 4.74 Å². The number of carbonyl (C=O) groups is 1. The van der Waals surface area contributed by atoms with Crippen molar-refractivity contribution in [3.8, 4) is 11.4 Å². The summed E-state index contributed by atoms with van der Waals surface area (Å²) in [5, 5.41) is 9.84. The molecule has 5 rings (SSSR count). The van der Waals surface area contributed by atoms with Crippen LogP contribution in [0.25, 0.3) is 22.5 Å². The van der Waals surface area contributed by atoms with Crippen LogP contribution in [0.5, 0.6) is 0 Å². The maximum atomic E-state index is 11.6. The zero-order valence-corrected chi connectivity index (χ0v) is 19.7. The van der Waals surface area contributed by atoms with Gasteiger partial charge in [0, 0.05) is 37.3 Å². The first kappa shape index (κ1) is 22.6. The number of aromatic nitrogens is 3. The normalized spacial score (nSPS) is 17.7. The van der Waals surface area contributed by atoms with Crippen LogP contribution in [0.1, 0.15) is 24.5 Å². The SMILES string of the molecule is BCN1CCC(c2noc3c(N4CCOCC4)nc(-c4ccc(NC(=O)NC)cc4)nc23)CC1. The highest BCUT2D eigenvalue weighted by molar-refractivity contribution is 6.08. The van der Waals surface area contributed by atoms with Crippen LogP contribution < -0.4 is 15.5 Å². The molecule has 3 aromatic rings. The van der Waals surface area contributed by atoms with Gasteiger partial charge < -0.3 is 29.7 Å². The molecule has 0 unspecified atom stereocenters. The lowest BCUT2D eigenvalue weighted by atomic mass is 9.92. The Kier molecular flexibility index (Phi) is 6.64. The van der Waals surface area contributed by atoms with E-state index >= 15 is 0 Å². The molecule has 4 heterocycles. The summed E-state index contributed by atoms with van der Waals surface area (Å²) in [6.45, 7) is 4.90. The van der Waals surface area contributed by atoms with E-state index in [0.29, 0.717) is 36.2 Å². The number of likely N-dealkylation sites (tertiary alicyclic amines) is 1. The van der Waals surface area contributed by atoms with E-state index in [1.807, 2.05) is 24.3 Å². The molecule has 178 valence electrons. The largest absolute Gasteiger partial charge is 0.378 e. The molecule has 34 heavy (non-hydrogen) atoms. The summed E-state index contributed by atoms with van der Waals surface area (Å²) < 4.78 is 11.4. The molecule has 1 aromatic carbocycles. The van der Waals surface area contributed by atoms with E-state index in [0.717, 1.165) is 68.1 Å². The third kappa shape index (κ3) is 4.58. The monoisotopic (exact) mass is 463 g/mol. The smallest absolute Gasteiger partial charge is 0.318 e. The zero-order chi connectivity index (χ0) is 23.5. The van der Waals surface area contributed by atoms with Gasteiger partial charge in [0.05, 0.1) is 13.2 Å². The number of amides is 2. The molecule has 0 aliphatic carbocycles. The second kappa shape index (κ2) is 9.98. The third-order valence-electron chi connectivity index (χ3n) is 6.69. The molecule has 0 atom stereocenters. The zero-order valence-electron chi connectivity index (χ0n) is 19.7. The lowest BCUT2D eigenvalue weighted by molar-refractivity contribution is 0.122. The van der Waals surface area contributed by atoms with E-state index in [-0.39, 0.29) is 6.03 Å². The standard InChI is InChI=1S/C23H30BN7O3/c1-25-23(32)26-17-4-2-16(3-5-17)21-27-19-18(15-6-8-30(14-24)9-7-15)29-34-20(19)22(28-21)31-10-12-33-13-11-31/h2-5,15H,6-14,24H2,1H3,(H2,25,26,32). The van der Waals surface area contributed by atoms with Crippen molar-refractivity contribution >= 4 is 36.5 Å². The Labute approximate surface area is 199 Å². The van der Waals surface area contributed by atoms with Gasteiger partial charge in [-0.15, -0.1) is 0 Å². The fourth-order valence-corrected chi connectivity index (χ4v) is 4.64. The number of carbonyl (C=O) groups excluding carboxylic acids is 1. The molecular weight excluding hydrogens is 433 g/mol. The molecule has 0 bridgehead atoms. The number of urea groups is 1. The van der Waals surface area contributed by atoms with E-state index in [1.54, 1.807) is 7.05 Å². The van der Waals surface area contributed by atoms with Gasteiger partial charge >= 0.3 is 6.03 Å². The predicted molar refractivity (Wildman–Crippen MR) is 133 cm³/mol. The first-order valence-electron chi connectivity index (χ1n) is 12.0. The number of ether oxygens (including phenoxy) is 1. The summed E-state index contributed by atoms with van der Waals surface area (Å²) in [5.74, 6) is 1.71. The number of hydrogen-bond donors (Lipinski definition) is 2. The third-order valence-corrected chi connectivity index (χ3v) is 6.69. The van der Waals surface area contributed by atoms with Crippen LogP contribution in [0.2, 0.25) is 0 Å². The van der Waals surface area contributed by atoms with Gasteiger partial charge in [0.2, 0.25) is 5.58 Å². The number of hydrogen-bond acceptors (Lipinski definition) is 8. The van der Waals surface area contributed by atoms with E-state index in [9.17, 15) is 4.79 Å². The topological polar surface area (TPSA) is 109 Å². The molecule has 2 N–H and O–H groups in total. The van der Waals surface area contributed by atoms with Gasteiger partial charge in [-0.3, -0.25) is 0 Å². The highest BCUT2D eigenvalue weighted by atomic mass is 16.5. The van der Waals surface area contributed by atoms with Gasteiger partial charge in [0.1, 0.15) is 19.1 Å². The van der Waals surface area contributed by atoms with Crippen LogP contribution in [0.15, 0.2) is 28.8 Å². The molecule has 2 aromatic heterocycles. The predicted octanol–water partition coefficient (Wildman–Crippen LogP) is 1.64. The molecule has 0 spiro atoms. The number of fused-ring (bicyclic) bond motifs is 1. The Morgan fingerprint density at radius 1 is 1.12 bits per heavy atom. The van der Waals surface area contributed by atoms with Gasteiger partial charge in [0.25, 0.3) is 0 Å². The van der Waals surface area contributed by atoms with Crippen LogP contribution in [-0.4, -0.2) is 86.8 Å². The molecule has 11 heteroatoms. The average molecular weight is 463 g/mol. The van der Waals surface area contributed by atoms with Crippen molar-refractivity contribution in [1.29, 1.82) is 0 Å². The fourth-order valence-electron chi connectivity index (χ4n) is 4.64. The van der Waals surface area contributed by atoms with Gasteiger partial charge in [-0.25, -0.2) is 14.8 Å². The minimum atomic E-state index is -0.261. The summed E-state index contributed by atoms with van der Waals surface area (Å²) in [6, 6.07) is 7.27. The summed E-state index contributed by atoms with van der Waals surface area (Å²) in [7, 11) is 3.79. The minimum absolute atomic E-state index is 0.261. The number of piperidine rings is 1. The number of anilines is 2. The number of nitrogens with one attached hydrogen (secondary N) is 2. The van der Waals surface area contributed by atoms with Crippen molar-refractivity contribution in [2.75, 3.05) is 63.1 Å². The molecule has 2 fully saturated rings. The fraction of sp³-hybridized carbons (Fsp3) is 0.478. The first-order chi connectivity index (χ1) is 16.7. The van der Waals surface area contributed by atoms with E-state index < -0.39 is 0 Å². The van der Waals surface area contributed by atoms with Crippen molar-refractivity contribution in [1.82, 2.24) is 25.3 Å². The average Bonchev–Trinajstić information content (AvgIpc) is 3.33. The summed E-state index contributed by atoms with van der Waals surface area (Å²) >= 11 is 0. The van der Waals surface area contributed by atoms with Crippen LogP contribution in [0.3, 0.4) is 0 Å². The Morgan fingerprint density at radius 3 is 2.53 bits per heavy atom. The quantitative estimate of drug-likeness (QED) is 0.550. The summed E-state index contributed by atoms with van der Waals surface area (Å²) in [6.07, 6.45) is 3.16. The first-order valence-corrected chi connectivity index (χ1v) is 12.0. The van der Waals surface area contributed by atoms with Crippen LogP contribution >= 0.6 is 0 Å². The molecule has 0 radical (unpaired) electrons.